The molecule has 0 spiro atoms. The number of carbonyl (C=O) groups excluding carboxylic acids is 2. The second-order valence-corrected chi connectivity index (χ2v) is 5.98. The van der Waals surface area contributed by atoms with E-state index in [1.807, 2.05) is 0 Å². The van der Waals surface area contributed by atoms with Gasteiger partial charge < -0.3 is 10.1 Å². The average Bonchev–Trinajstić information content (AvgIpc) is 2.74. The number of alkyl halides is 2. The topological polar surface area (TPSA) is 80.6 Å². The minimum Gasteiger partial charge on any atom is -0.433 e. The average molecular weight is 401 g/mol. The van der Waals surface area contributed by atoms with Gasteiger partial charge in [0.05, 0.1) is 11.3 Å². The lowest BCUT2D eigenvalue weighted by molar-refractivity contribution is -0.177. The number of benzene rings is 1. The van der Waals surface area contributed by atoms with Gasteiger partial charge in [0.2, 0.25) is 0 Å². The molecule has 8 heteroatoms. The van der Waals surface area contributed by atoms with E-state index in [-0.39, 0.29) is 17.9 Å². The first kappa shape index (κ1) is 21.9. The fourth-order valence-electron chi connectivity index (χ4n) is 2.30. The zero-order chi connectivity index (χ0) is 21.3. The van der Waals surface area contributed by atoms with Crippen LogP contribution in [0.25, 0.3) is 0 Å². The lowest BCUT2D eigenvalue weighted by atomic mass is 10.1. The van der Waals surface area contributed by atoms with Gasteiger partial charge in [0.15, 0.2) is 6.29 Å². The van der Waals surface area contributed by atoms with Crippen molar-refractivity contribution in [1.29, 1.82) is 0 Å². The zero-order valence-electron chi connectivity index (χ0n) is 16.1. The first-order valence-electron chi connectivity index (χ1n) is 8.86. The first-order chi connectivity index (χ1) is 13.9. The fraction of sp³-hybridized carbons (Fsp3) is 0.238. The number of allylic oxidation sites excluding steroid dienone is 1. The fourth-order valence-corrected chi connectivity index (χ4v) is 2.30. The number of hydrogen-bond acceptors (Lipinski definition) is 5. The van der Waals surface area contributed by atoms with Gasteiger partial charge in [0.25, 0.3) is 5.91 Å². The summed E-state index contributed by atoms with van der Waals surface area (Å²) in [5.74, 6) is -0.547. The molecule has 1 N–H and O–H groups in total. The van der Waals surface area contributed by atoms with E-state index in [0.717, 1.165) is 0 Å². The number of pyridine rings is 1. The number of hydrogen-bond donors (Lipinski definition) is 1. The maximum atomic E-state index is 13.2. The molecule has 29 heavy (non-hydrogen) atoms. The molecule has 0 saturated heterocycles. The second-order valence-electron chi connectivity index (χ2n) is 5.98. The SMILES string of the molecule is CCC(F)(F)Oc1ccc(CNC(=O)/C(C=O)=C/C(=NC)c2ccncc2)cc1. The van der Waals surface area contributed by atoms with Gasteiger partial charge in [-0.1, -0.05) is 19.1 Å². The number of carbonyl (C=O) groups is 2. The van der Waals surface area contributed by atoms with Crippen LogP contribution in [0.2, 0.25) is 0 Å². The van der Waals surface area contributed by atoms with Crippen molar-refractivity contribution in [1.82, 2.24) is 10.3 Å². The van der Waals surface area contributed by atoms with E-state index in [1.54, 1.807) is 43.7 Å². The summed E-state index contributed by atoms with van der Waals surface area (Å²) in [6.07, 6.45) is 1.34. The summed E-state index contributed by atoms with van der Waals surface area (Å²) in [5.41, 5.74) is 1.75. The Morgan fingerprint density at radius 1 is 1.21 bits per heavy atom. The Bertz CT molecular complexity index is 895. The molecule has 0 unspecified atom stereocenters. The molecule has 1 amide bonds. The Morgan fingerprint density at radius 3 is 2.41 bits per heavy atom. The monoisotopic (exact) mass is 401 g/mol. The van der Waals surface area contributed by atoms with Crippen molar-refractivity contribution < 1.29 is 23.1 Å². The lowest BCUT2D eigenvalue weighted by Gasteiger charge is -2.16. The van der Waals surface area contributed by atoms with E-state index >= 15 is 0 Å². The number of amides is 1. The van der Waals surface area contributed by atoms with Crippen LogP contribution in [-0.4, -0.2) is 36.0 Å². The normalized spacial score (nSPS) is 12.4. The van der Waals surface area contributed by atoms with Crippen LogP contribution in [0.4, 0.5) is 8.78 Å². The third kappa shape index (κ3) is 6.60. The molecule has 0 radical (unpaired) electrons. The number of ether oxygens (including phenoxy) is 1. The second kappa shape index (κ2) is 10.2. The quantitative estimate of drug-likeness (QED) is 0.230. The Kier molecular flexibility index (Phi) is 7.70. The zero-order valence-corrected chi connectivity index (χ0v) is 16.1. The van der Waals surface area contributed by atoms with Gasteiger partial charge in [-0.05, 0) is 35.9 Å². The molecule has 2 aromatic rings. The minimum atomic E-state index is -3.23. The molecule has 0 bridgehead atoms. The van der Waals surface area contributed by atoms with E-state index in [2.05, 4.69) is 20.0 Å². The van der Waals surface area contributed by atoms with Crippen molar-refractivity contribution in [2.24, 2.45) is 4.99 Å². The third-order valence-corrected chi connectivity index (χ3v) is 3.95. The number of nitrogens with one attached hydrogen (secondary N) is 1. The highest BCUT2D eigenvalue weighted by Crippen LogP contribution is 2.24. The van der Waals surface area contributed by atoms with Crippen molar-refractivity contribution in [3.63, 3.8) is 0 Å². The summed E-state index contributed by atoms with van der Waals surface area (Å²) in [6.45, 7) is 1.44. The molecule has 1 heterocycles. The van der Waals surface area contributed by atoms with Crippen LogP contribution in [0, 0.1) is 0 Å². The van der Waals surface area contributed by atoms with Gasteiger partial charge >= 0.3 is 6.11 Å². The third-order valence-electron chi connectivity index (χ3n) is 3.95. The van der Waals surface area contributed by atoms with Crippen molar-refractivity contribution in [3.8, 4) is 5.75 Å². The van der Waals surface area contributed by atoms with Crippen LogP contribution in [0.1, 0.15) is 24.5 Å². The van der Waals surface area contributed by atoms with E-state index in [4.69, 9.17) is 0 Å². The number of halogens is 2. The van der Waals surface area contributed by atoms with Gasteiger partial charge in [-0.15, -0.1) is 0 Å². The highest BCUT2D eigenvalue weighted by molar-refractivity contribution is 6.19. The predicted octanol–water partition coefficient (Wildman–Crippen LogP) is 3.32. The molecule has 6 nitrogen and oxygen atoms in total. The summed E-state index contributed by atoms with van der Waals surface area (Å²) >= 11 is 0. The number of rotatable bonds is 9. The summed E-state index contributed by atoms with van der Waals surface area (Å²) in [6, 6.07) is 9.33. The van der Waals surface area contributed by atoms with Crippen LogP contribution < -0.4 is 10.1 Å². The van der Waals surface area contributed by atoms with E-state index in [0.29, 0.717) is 23.1 Å². The highest BCUT2D eigenvalue weighted by Gasteiger charge is 2.28. The standard InChI is InChI=1S/C21H21F2N3O3/c1-3-21(22,23)29-18-6-4-15(5-7-18)13-26-20(28)17(14-27)12-19(24-2)16-8-10-25-11-9-16/h4-12,14H,3,13H2,1-2H3,(H,26,28)/b17-12+,24-19?. The maximum Gasteiger partial charge on any atom is 0.397 e. The lowest BCUT2D eigenvalue weighted by Crippen LogP contribution is -2.26. The van der Waals surface area contributed by atoms with Gasteiger partial charge in [-0.25, -0.2) is 0 Å². The van der Waals surface area contributed by atoms with Crippen LogP contribution in [-0.2, 0) is 16.1 Å². The molecule has 152 valence electrons. The largest absolute Gasteiger partial charge is 0.433 e. The Morgan fingerprint density at radius 2 is 1.86 bits per heavy atom. The van der Waals surface area contributed by atoms with Crippen molar-refractivity contribution in [2.45, 2.75) is 26.0 Å². The van der Waals surface area contributed by atoms with E-state index in [9.17, 15) is 18.4 Å². The van der Waals surface area contributed by atoms with Gasteiger partial charge in [0.1, 0.15) is 5.75 Å². The van der Waals surface area contributed by atoms with Crippen LogP contribution >= 0.6 is 0 Å². The molecule has 1 aromatic carbocycles. The first-order valence-corrected chi connectivity index (χ1v) is 8.86. The molecule has 0 atom stereocenters. The summed E-state index contributed by atoms with van der Waals surface area (Å²) in [5, 5.41) is 2.61. The van der Waals surface area contributed by atoms with Gasteiger partial charge in [-0.3, -0.25) is 19.6 Å². The van der Waals surface area contributed by atoms with Crippen molar-refractivity contribution in [3.05, 3.63) is 71.6 Å². The summed E-state index contributed by atoms with van der Waals surface area (Å²) in [4.78, 5) is 31.7. The van der Waals surface area contributed by atoms with Crippen LogP contribution in [0.5, 0.6) is 5.75 Å². The Hall–Kier alpha value is -3.42. The smallest absolute Gasteiger partial charge is 0.397 e. The molecular weight excluding hydrogens is 380 g/mol. The highest BCUT2D eigenvalue weighted by atomic mass is 19.3. The predicted molar refractivity (Wildman–Crippen MR) is 105 cm³/mol. The minimum absolute atomic E-state index is 0.0292. The van der Waals surface area contributed by atoms with E-state index < -0.39 is 18.4 Å². The van der Waals surface area contributed by atoms with E-state index in [1.165, 1.54) is 25.1 Å². The number of aliphatic imine (C=N–C) groups is 1. The molecule has 2 rings (SSSR count). The molecular formula is C21H21F2N3O3. The Balaban J connectivity index is 2.02. The molecule has 1 aromatic heterocycles. The summed E-state index contributed by atoms with van der Waals surface area (Å²) in [7, 11) is 1.55. The van der Waals surface area contributed by atoms with Gasteiger partial charge in [0, 0.05) is 38.0 Å². The van der Waals surface area contributed by atoms with Crippen molar-refractivity contribution >= 4 is 17.9 Å². The molecule has 0 fully saturated rings. The number of aromatic nitrogens is 1. The maximum absolute atomic E-state index is 13.2. The van der Waals surface area contributed by atoms with Crippen LogP contribution in [0.15, 0.2) is 65.4 Å². The number of nitrogens with zero attached hydrogens (tertiary/aromatic N) is 2. The molecule has 0 saturated carbocycles. The Labute approximate surface area is 167 Å². The molecule has 0 aliphatic heterocycles. The number of aldehydes is 1. The molecule has 0 aliphatic rings. The summed E-state index contributed by atoms with van der Waals surface area (Å²) < 4.78 is 31.1. The molecule has 0 aliphatic carbocycles. The van der Waals surface area contributed by atoms with Crippen molar-refractivity contribution in [2.75, 3.05) is 7.05 Å². The van der Waals surface area contributed by atoms with Gasteiger partial charge in [-0.2, -0.15) is 8.78 Å². The van der Waals surface area contributed by atoms with Crippen LogP contribution in [0.3, 0.4) is 0 Å².